The first-order valence-electron chi connectivity index (χ1n) is 7.01. The van der Waals surface area contributed by atoms with Crippen molar-refractivity contribution >= 4 is 15.9 Å². The van der Waals surface area contributed by atoms with Gasteiger partial charge in [0.2, 0.25) is 0 Å². The number of rotatable bonds is 6. The first-order valence-corrected chi connectivity index (χ1v) is 7.81. The van der Waals surface area contributed by atoms with Gasteiger partial charge in [0.05, 0.1) is 0 Å². The number of hydrogen-bond acceptors (Lipinski definition) is 1. The van der Waals surface area contributed by atoms with E-state index in [1.807, 2.05) is 12.1 Å². The summed E-state index contributed by atoms with van der Waals surface area (Å²) in [4.78, 5) is 0. The second-order valence-corrected chi connectivity index (χ2v) is 5.94. The maximum Gasteiger partial charge on any atom is 0.573 e. The zero-order valence-corrected chi connectivity index (χ0v) is 13.5. The summed E-state index contributed by atoms with van der Waals surface area (Å²) in [5, 5.41) is 0. The lowest BCUT2D eigenvalue weighted by atomic mass is 10.0. The highest BCUT2D eigenvalue weighted by atomic mass is 79.9. The Kier molecular flexibility index (Phi) is 5.89. The van der Waals surface area contributed by atoms with Crippen LogP contribution < -0.4 is 4.74 Å². The van der Waals surface area contributed by atoms with Crippen molar-refractivity contribution in [3.63, 3.8) is 0 Å². The fourth-order valence-electron chi connectivity index (χ4n) is 2.17. The SMILES string of the molecule is FC(F)(F)Oc1ccc(CCCCc2ccc(Br)cc2)cc1. The molecule has 1 nitrogen and oxygen atoms in total. The summed E-state index contributed by atoms with van der Waals surface area (Å²) in [6.45, 7) is 0. The van der Waals surface area contributed by atoms with Gasteiger partial charge in [-0.1, -0.05) is 40.2 Å². The molecule has 0 aliphatic heterocycles. The largest absolute Gasteiger partial charge is 0.573 e. The maximum atomic E-state index is 12.1. The number of unbranched alkanes of at least 4 members (excludes halogenated alkanes) is 1. The van der Waals surface area contributed by atoms with Gasteiger partial charge in [0.25, 0.3) is 0 Å². The van der Waals surface area contributed by atoms with Gasteiger partial charge >= 0.3 is 6.36 Å². The van der Waals surface area contributed by atoms with E-state index in [-0.39, 0.29) is 5.75 Å². The van der Waals surface area contributed by atoms with E-state index in [1.165, 1.54) is 17.7 Å². The van der Waals surface area contributed by atoms with Crippen LogP contribution in [0.15, 0.2) is 53.0 Å². The Morgan fingerprint density at radius 3 is 1.68 bits per heavy atom. The van der Waals surface area contributed by atoms with Gasteiger partial charge in [0, 0.05) is 4.47 Å². The summed E-state index contributed by atoms with van der Waals surface area (Å²) in [7, 11) is 0. The van der Waals surface area contributed by atoms with Crippen molar-refractivity contribution in [2.24, 2.45) is 0 Å². The van der Waals surface area contributed by atoms with Crippen LogP contribution in [0.3, 0.4) is 0 Å². The van der Waals surface area contributed by atoms with Crippen molar-refractivity contribution < 1.29 is 17.9 Å². The molecule has 22 heavy (non-hydrogen) atoms. The fourth-order valence-corrected chi connectivity index (χ4v) is 2.43. The Hall–Kier alpha value is -1.49. The lowest BCUT2D eigenvalue weighted by molar-refractivity contribution is -0.274. The number of benzene rings is 2. The molecule has 0 saturated carbocycles. The van der Waals surface area contributed by atoms with Crippen LogP contribution in [0.5, 0.6) is 5.75 Å². The fraction of sp³-hybridized carbons (Fsp3) is 0.294. The topological polar surface area (TPSA) is 9.23 Å². The van der Waals surface area contributed by atoms with Gasteiger partial charge in [-0.15, -0.1) is 13.2 Å². The van der Waals surface area contributed by atoms with E-state index in [2.05, 4.69) is 32.8 Å². The Labute approximate surface area is 136 Å². The van der Waals surface area contributed by atoms with Gasteiger partial charge in [0.1, 0.15) is 5.75 Å². The highest BCUT2D eigenvalue weighted by Crippen LogP contribution is 2.23. The van der Waals surface area contributed by atoms with Crippen molar-refractivity contribution in [3.05, 3.63) is 64.1 Å². The second-order valence-electron chi connectivity index (χ2n) is 5.03. The van der Waals surface area contributed by atoms with Crippen LogP contribution in [-0.4, -0.2) is 6.36 Å². The molecular formula is C17H16BrF3O. The van der Waals surface area contributed by atoms with E-state index < -0.39 is 6.36 Å². The highest BCUT2D eigenvalue weighted by molar-refractivity contribution is 9.10. The van der Waals surface area contributed by atoms with Gasteiger partial charge in [0.15, 0.2) is 0 Å². The van der Waals surface area contributed by atoms with Crippen LogP contribution in [-0.2, 0) is 12.8 Å². The van der Waals surface area contributed by atoms with E-state index in [1.54, 1.807) is 12.1 Å². The number of aryl methyl sites for hydroxylation is 2. The molecule has 2 aromatic rings. The standard InChI is InChI=1S/C17H16BrF3O/c18-15-9-5-13(6-10-15)3-1-2-4-14-7-11-16(12-8-14)22-17(19,20)21/h5-12H,1-4H2. The average Bonchev–Trinajstić information content (AvgIpc) is 2.45. The molecule has 0 unspecified atom stereocenters. The monoisotopic (exact) mass is 372 g/mol. The predicted molar refractivity (Wildman–Crippen MR) is 83.9 cm³/mol. The number of hydrogen-bond donors (Lipinski definition) is 0. The van der Waals surface area contributed by atoms with Crippen LogP contribution in [0.1, 0.15) is 24.0 Å². The summed E-state index contributed by atoms with van der Waals surface area (Å²) in [5.74, 6) is -0.175. The molecular weight excluding hydrogens is 357 g/mol. The molecule has 2 rings (SSSR count). The van der Waals surface area contributed by atoms with Gasteiger partial charge in [-0.3, -0.25) is 0 Å². The Bertz CT molecular complexity index is 576. The molecule has 0 aromatic heterocycles. The molecule has 0 saturated heterocycles. The quantitative estimate of drug-likeness (QED) is 0.572. The van der Waals surface area contributed by atoms with Crippen LogP contribution >= 0.6 is 15.9 Å². The Morgan fingerprint density at radius 2 is 1.23 bits per heavy atom. The zero-order chi connectivity index (χ0) is 16.0. The third kappa shape index (κ3) is 6.10. The summed E-state index contributed by atoms with van der Waals surface area (Å²) >= 11 is 3.40. The summed E-state index contributed by atoms with van der Waals surface area (Å²) < 4.78 is 41.1. The molecule has 0 aliphatic rings. The summed E-state index contributed by atoms with van der Waals surface area (Å²) in [5.41, 5.74) is 2.31. The molecule has 118 valence electrons. The number of ether oxygens (including phenoxy) is 1. The highest BCUT2D eigenvalue weighted by Gasteiger charge is 2.30. The molecule has 0 fully saturated rings. The van der Waals surface area contributed by atoms with Crippen LogP contribution in [0, 0.1) is 0 Å². The lowest BCUT2D eigenvalue weighted by Gasteiger charge is -2.09. The smallest absolute Gasteiger partial charge is 0.406 e. The molecule has 0 N–H and O–H groups in total. The molecule has 0 spiro atoms. The van der Waals surface area contributed by atoms with Crippen molar-refractivity contribution in [1.82, 2.24) is 0 Å². The molecule has 0 aliphatic carbocycles. The third-order valence-electron chi connectivity index (χ3n) is 3.25. The predicted octanol–water partition coefficient (Wildman–Crippen LogP) is 5.91. The Balaban J connectivity index is 1.74. The first-order chi connectivity index (χ1) is 10.4. The van der Waals surface area contributed by atoms with Crippen molar-refractivity contribution in [3.8, 4) is 5.75 Å². The lowest BCUT2D eigenvalue weighted by Crippen LogP contribution is -2.17. The van der Waals surface area contributed by atoms with Crippen molar-refractivity contribution in [1.29, 1.82) is 0 Å². The van der Waals surface area contributed by atoms with Gasteiger partial charge in [-0.25, -0.2) is 0 Å². The normalized spacial score (nSPS) is 11.5. The van der Waals surface area contributed by atoms with E-state index >= 15 is 0 Å². The minimum Gasteiger partial charge on any atom is -0.406 e. The first kappa shape index (κ1) is 16.9. The molecule has 0 atom stereocenters. The van der Waals surface area contributed by atoms with Gasteiger partial charge < -0.3 is 4.74 Å². The van der Waals surface area contributed by atoms with Crippen molar-refractivity contribution in [2.75, 3.05) is 0 Å². The number of halogens is 4. The van der Waals surface area contributed by atoms with Crippen LogP contribution in [0.25, 0.3) is 0 Å². The summed E-state index contributed by atoms with van der Waals surface area (Å²) in [6.07, 6.45) is -0.741. The molecule has 0 heterocycles. The molecule has 2 aromatic carbocycles. The zero-order valence-electron chi connectivity index (χ0n) is 11.9. The van der Waals surface area contributed by atoms with E-state index in [4.69, 9.17) is 0 Å². The number of alkyl halides is 3. The molecule has 0 bridgehead atoms. The molecule has 0 radical (unpaired) electrons. The van der Waals surface area contributed by atoms with Gasteiger partial charge in [-0.2, -0.15) is 0 Å². The van der Waals surface area contributed by atoms with E-state index in [9.17, 15) is 13.2 Å². The van der Waals surface area contributed by atoms with E-state index in [0.717, 1.165) is 35.7 Å². The summed E-state index contributed by atoms with van der Waals surface area (Å²) in [6, 6.07) is 14.3. The average molecular weight is 373 g/mol. The minimum absolute atomic E-state index is 0.175. The van der Waals surface area contributed by atoms with Crippen LogP contribution in [0.2, 0.25) is 0 Å². The van der Waals surface area contributed by atoms with Crippen molar-refractivity contribution in [2.45, 2.75) is 32.0 Å². The molecule has 5 heteroatoms. The molecule has 0 amide bonds. The Morgan fingerprint density at radius 1 is 0.773 bits per heavy atom. The van der Waals surface area contributed by atoms with Gasteiger partial charge in [-0.05, 0) is 61.1 Å². The van der Waals surface area contributed by atoms with E-state index in [0.29, 0.717) is 0 Å². The maximum absolute atomic E-state index is 12.1. The van der Waals surface area contributed by atoms with Crippen LogP contribution in [0.4, 0.5) is 13.2 Å². The minimum atomic E-state index is -4.63. The third-order valence-corrected chi connectivity index (χ3v) is 3.78. The second kappa shape index (κ2) is 7.68.